The number of ether oxygens (including phenoxy) is 3. The van der Waals surface area contributed by atoms with E-state index in [4.69, 9.17) is 19.2 Å². The van der Waals surface area contributed by atoms with E-state index >= 15 is 4.39 Å². The molecule has 1 aromatic heterocycles. The lowest BCUT2D eigenvalue weighted by Crippen LogP contribution is -2.57. The second-order valence-electron chi connectivity index (χ2n) is 12.6. The monoisotopic (exact) mass is 623 g/mol. The van der Waals surface area contributed by atoms with Crippen LogP contribution in [0.5, 0.6) is 6.01 Å². The first-order chi connectivity index (χ1) is 19.0. The summed E-state index contributed by atoms with van der Waals surface area (Å²) in [4.78, 5) is 28.3. The summed E-state index contributed by atoms with van der Waals surface area (Å²) in [6, 6.07) is 1.17. The molecule has 3 aliphatic heterocycles. The van der Waals surface area contributed by atoms with E-state index in [1.807, 2.05) is 30.6 Å². The number of hydrogen-bond donors (Lipinski definition) is 0. The van der Waals surface area contributed by atoms with Crippen LogP contribution < -0.4 is 9.64 Å². The SMILES string of the molecule is CC(C)(C)OC(=O)N1C2CCC1CN(c1nc(OCC3(CN4CCOCC4)CC3)nc3c(F)c(Br)c(F)cc13)C2. The minimum atomic E-state index is -0.784. The van der Waals surface area contributed by atoms with Crippen molar-refractivity contribution < 1.29 is 27.8 Å². The van der Waals surface area contributed by atoms with Gasteiger partial charge in [0.05, 0.1) is 36.4 Å². The molecule has 9 nitrogen and oxygen atoms in total. The number of halogens is 3. The Balaban J connectivity index is 1.26. The lowest BCUT2D eigenvalue weighted by molar-refractivity contribution is 0.0123. The van der Waals surface area contributed by atoms with Gasteiger partial charge in [0, 0.05) is 43.5 Å². The molecule has 0 radical (unpaired) electrons. The Morgan fingerprint density at radius 3 is 2.45 bits per heavy atom. The molecule has 6 rings (SSSR count). The third-order valence-electron chi connectivity index (χ3n) is 8.30. The molecule has 1 aromatic carbocycles. The second kappa shape index (κ2) is 10.5. The number of piperazine rings is 1. The van der Waals surface area contributed by atoms with Crippen molar-refractivity contribution in [1.82, 2.24) is 19.8 Å². The average Bonchev–Trinajstić information content (AvgIpc) is 3.61. The van der Waals surface area contributed by atoms with Gasteiger partial charge in [0.2, 0.25) is 0 Å². The molecule has 4 heterocycles. The number of rotatable bonds is 6. The van der Waals surface area contributed by atoms with Crippen molar-refractivity contribution >= 4 is 38.7 Å². The number of carbonyl (C=O) groups is 1. The standard InChI is InChI=1S/C28H36BrF2N5O4/c1-27(2,3)40-26(37)36-17-4-5-18(36)14-35(13-17)24-19-12-20(30)21(29)22(31)23(19)32-25(33-24)39-16-28(6-7-28)15-34-8-10-38-11-9-34/h12,17-18H,4-11,13-16H2,1-3H3. The fourth-order valence-corrected chi connectivity index (χ4v) is 6.41. The molecule has 0 N–H and O–H groups in total. The molecule has 2 bridgehead atoms. The Labute approximate surface area is 241 Å². The predicted octanol–water partition coefficient (Wildman–Crippen LogP) is 4.75. The average molecular weight is 625 g/mol. The van der Waals surface area contributed by atoms with Gasteiger partial charge in [0.25, 0.3) is 0 Å². The van der Waals surface area contributed by atoms with E-state index in [2.05, 4.69) is 25.8 Å². The van der Waals surface area contributed by atoms with E-state index in [9.17, 15) is 9.18 Å². The van der Waals surface area contributed by atoms with Crippen LogP contribution in [0.2, 0.25) is 0 Å². The van der Waals surface area contributed by atoms with Gasteiger partial charge in [-0.15, -0.1) is 0 Å². The highest BCUT2D eigenvalue weighted by molar-refractivity contribution is 9.10. The first-order valence-corrected chi connectivity index (χ1v) is 14.9. The van der Waals surface area contributed by atoms with E-state index in [0.29, 0.717) is 25.5 Å². The van der Waals surface area contributed by atoms with Gasteiger partial charge < -0.3 is 19.1 Å². The van der Waals surface area contributed by atoms with E-state index in [1.54, 1.807) is 0 Å². The molecule has 1 amide bonds. The van der Waals surface area contributed by atoms with Crippen molar-refractivity contribution in [3.05, 3.63) is 22.2 Å². The van der Waals surface area contributed by atoms with Crippen LogP contribution in [0.1, 0.15) is 46.5 Å². The van der Waals surface area contributed by atoms with Crippen LogP contribution in [-0.4, -0.2) is 96.1 Å². The third kappa shape index (κ3) is 5.59. The molecule has 2 unspecified atom stereocenters. The highest BCUT2D eigenvalue weighted by Crippen LogP contribution is 2.47. The van der Waals surface area contributed by atoms with Gasteiger partial charge in [-0.1, -0.05) is 0 Å². The minimum Gasteiger partial charge on any atom is -0.463 e. The number of nitrogens with zero attached hydrogens (tertiary/aromatic N) is 5. The van der Waals surface area contributed by atoms with Crippen LogP contribution in [0.3, 0.4) is 0 Å². The highest BCUT2D eigenvalue weighted by Gasteiger charge is 2.46. The largest absolute Gasteiger partial charge is 0.463 e. The smallest absolute Gasteiger partial charge is 0.410 e. The highest BCUT2D eigenvalue weighted by atomic mass is 79.9. The first kappa shape index (κ1) is 27.8. The Morgan fingerprint density at radius 1 is 1.15 bits per heavy atom. The number of amides is 1. The topological polar surface area (TPSA) is 80.3 Å². The molecule has 0 spiro atoms. The van der Waals surface area contributed by atoms with Gasteiger partial charge in [-0.3, -0.25) is 9.80 Å². The van der Waals surface area contributed by atoms with Gasteiger partial charge >= 0.3 is 12.1 Å². The molecule has 1 aliphatic carbocycles. The fourth-order valence-electron chi connectivity index (χ4n) is 6.11. The molecule has 4 aliphatic rings. The zero-order valence-corrected chi connectivity index (χ0v) is 24.8. The summed E-state index contributed by atoms with van der Waals surface area (Å²) >= 11 is 3.02. The molecule has 12 heteroatoms. The van der Waals surface area contributed by atoms with Crippen LogP contribution in [-0.2, 0) is 9.47 Å². The van der Waals surface area contributed by atoms with Gasteiger partial charge in [0.1, 0.15) is 22.8 Å². The van der Waals surface area contributed by atoms with Gasteiger partial charge in [-0.2, -0.15) is 9.97 Å². The van der Waals surface area contributed by atoms with Gasteiger partial charge in [-0.05, 0) is 68.5 Å². The predicted molar refractivity (Wildman–Crippen MR) is 149 cm³/mol. The maximum atomic E-state index is 15.3. The van der Waals surface area contributed by atoms with Crippen molar-refractivity contribution in [2.75, 3.05) is 57.4 Å². The maximum absolute atomic E-state index is 15.3. The zero-order chi connectivity index (χ0) is 28.2. The van der Waals surface area contributed by atoms with Gasteiger partial charge in [0.15, 0.2) is 5.82 Å². The molecule has 40 heavy (non-hydrogen) atoms. The lowest BCUT2D eigenvalue weighted by atomic mass is 10.1. The number of fused-ring (bicyclic) bond motifs is 3. The normalized spacial score (nSPS) is 24.4. The number of aromatic nitrogens is 2. The second-order valence-corrected chi connectivity index (χ2v) is 13.4. The lowest BCUT2D eigenvalue weighted by Gasteiger charge is -2.42. The van der Waals surface area contributed by atoms with E-state index in [1.165, 1.54) is 6.07 Å². The molecule has 218 valence electrons. The van der Waals surface area contributed by atoms with Crippen LogP contribution >= 0.6 is 15.9 Å². The van der Waals surface area contributed by atoms with Crippen molar-refractivity contribution in [2.45, 2.75) is 64.1 Å². The number of morpholine rings is 1. The Kier molecular flexibility index (Phi) is 7.31. The summed E-state index contributed by atoms with van der Waals surface area (Å²) in [6.45, 7) is 11.1. The summed E-state index contributed by atoms with van der Waals surface area (Å²) in [5, 5.41) is 0.283. The summed E-state index contributed by atoms with van der Waals surface area (Å²) in [6.07, 6.45) is 3.42. The van der Waals surface area contributed by atoms with Crippen LogP contribution in [0.25, 0.3) is 10.9 Å². The number of anilines is 1. The quantitative estimate of drug-likeness (QED) is 0.427. The maximum Gasteiger partial charge on any atom is 0.410 e. The van der Waals surface area contributed by atoms with Crippen LogP contribution in [0.15, 0.2) is 10.5 Å². The van der Waals surface area contributed by atoms with Gasteiger partial charge in [-0.25, -0.2) is 13.6 Å². The fraction of sp³-hybridized carbons (Fsp3) is 0.679. The Morgan fingerprint density at radius 2 is 1.82 bits per heavy atom. The van der Waals surface area contributed by atoms with Crippen molar-refractivity contribution in [3.8, 4) is 6.01 Å². The molecule has 3 saturated heterocycles. The summed E-state index contributed by atoms with van der Waals surface area (Å²) in [5.74, 6) is -1.08. The molecule has 1 saturated carbocycles. The molecule has 2 atom stereocenters. The van der Waals surface area contributed by atoms with E-state index < -0.39 is 17.2 Å². The third-order valence-corrected chi connectivity index (χ3v) is 9.03. The number of hydrogen-bond acceptors (Lipinski definition) is 8. The van der Waals surface area contributed by atoms with Crippen molar-refractivity contribution in [3.63, 3.8) is 0 Å². The summed E-state index contributed by atoms with van der Waals surface area (Å²) < 4.78 is 47.1. The van der Waals surface area contributed by atoms with Crippen molar-refractivity contribution in [2.24, 2.45) is 5.41 Å². The van der Waals surface area contributed by atoms with Crippen molar-refractivity contribution in [1.29, 1.82) is 0 Å². The summed E-state index contributed by atoms with van der Waals surface area (Å²) in [5.41, 5.74) is -0.560. The first-order valence-electron chi connectivity index (χ1n) is 14.1. The number of benzene rings is 1. The minimum absolute atomic E-state index is 0.00761. The Hall–Kier alpha value is -2.31. The zero-order valence-electron chi connectivity index (χ0n) is 23.2. The van der Waals surface area contributed by atoms with Crippen LogP contribution in [0.4, 0.5) is 19.4 Å². The Bertz CT molecular complexity index is 1280. The van der Waals surface area contributed by atoms with Crippen LogP contribution in [0, 0.1) is 17.0 Å². The molecule has 2 aromatic rings. The molecular weight excluding hydrogens is 588 g/mol. The number of carbonyl (C=O) groups excluding carboxylic acids is 1. The molecular formula is C28H36BrF2N5O4. The molecule has 4 fully saturated rings. The van der Waals surface area contributed by atoms with E-state index in [0.717, 1.165) is 58.5 Å². The summed E-state index contributed by atoms with van der Waals surface area (Å²) in [7, 11) is 0. The van der Waals surface area contributed by atoms with E-state index in [-0.39, 0.29) is 45.0 Å².